The number of halogens is 1. The Bertz CT molecular complexity index is 1020. The van der Waals surface area contributed by atoms with Gasteiger partial charge in [0, 0.05) is 18.7 Å². The maximum atomic E-state index is 13.3. The highest BCUT2D eigenvalue weighted by atomic mass is 35.5. The molecule has 2 heterocycles. The van der Waals surface area contributed by atoms with Crippen LogP contribution in [0.25, 0.3) is 10.2 Å². The van der Waals surface area contributed by atoms with Gasteiger partial charge in [-0.05, 0) is 31.0 Å². The number of benzene rings is 2. The molecule has 0 bridgehead atoms. The van der Waals surface area contributed by atoms with E-state index in [0.29, 0.717) is 18.3 Å². The zero-order chi connectivity index (χ0) is 19.7. The molecule has 2 aromatic carbocycles. The zero-order valence-corrected chi connectivity index (χ0v) is 16.3. The number of rotatable bonds is 5. The number of nitrogens with zero attached hydrogens (tertiary/aromatic N) is 3. The van der Waals surface area contributed by atoms with E-state index in [9.17, 15) is 14.9 Å². The lowest BCUT2D eigenvalue weighted by Crippen LogP contribution is -2.37. The predicted octanol–water partition coefficient (Wildman–Crippen LogP) is 4.68. The normalized spacial score (nSPS) is 16.4. The topological polar surface area (TPSA) is 85.6 Å². The van der Waals surface area contributed by atoms with E-state index >= 15 is 0 Å². The van der Waals surface area contributed by atoms with E-state index in [4.69, 9.17) is 16.3 Å². The summed E-state index contributed by atoms with van der Waals surface area (Å²) in [6, 6.07) is 11.5. The molecule has 28 heavy (non-hydrogen) atoms. The summed E-state index contributed by atoms with van der Waals surface area (Å²) in [7, 11) is 0. The molecule has 7 nitrogen and oxygen atoms in total. The maximum Gasteiger partial charge on any atom is 0.270 e. The van der Waals surface area contributed by atoms with E-state index in [-0.39, 0.29) is 28.3 Å². The third kappa shape index (κ3) is 3.71. The van der Waals surface area contributed by atoms with Crippen LogP contribution in [-0.4, -0.2) is 35.1 Å². The van der Waals surface area contributed by atoms with E-state index in [0.717, 1.165) is 23.1 Å². The summed E-state index contributed by atoms with van der Waals surface area (Å²) >= 11 is 7.61. The summed E-state index contributed by atoms with van der Waals surface area (Å²) in [5, 5.41) is 11.5. The highest BCUT2D eigenvalue weighted by Crippen LogP contribution is 2.32. The van der Waals surface area contributed by atoms with Gasteiger partial charge in [-0.15, -0.1) is 0 Å². The first-order chi connectivity index (χ1) is 13.5. The first-order valence-electron chi connectivity index (χ1n) is 8.76. The Labute approximate surface area is 169 Å². The number of para-hydroxylation sites is 1. The molecule has 144 valence electrons. The third-order valence-corrected chi connectivity index (χ3v) is 5.93. The van der Waals surface area contributed by atoms with Crippen molar-refractivity contribution in [2.75, 3.05) is 18.1 Å². The van der Waals surface area contributed by atoms with Crippen LogP contribution in [0.1, 0.15) is 23.2 Å². The fraction of sp³-hybridized carbons (Fsp3) is 0.263. The number of amides is 1. The van der Waals surface area contributed by atoms with Gasteiger partial charge in [0.05, 0.1) is 38.4 Å². The molecule has 9 heteroatoms. The number of ether oxygens (including phenoxy) is 1. The van der Waals surface area contributed by atoms with Crippen molar-refractivity contribution in [2.45, 2.75) is 18.9 Å². The number of carbonyl (C=O) groups is 1. The molecule has 0 aliphatic carbocycles. The fourth-order valence-corrected chi connectivity index (χ4v) is 4.38. The average molecular weight is 418 g/mol. The van der Waals surface area contributed by atoms with Crippen LogP contribution in [0.5, 0.6) is 0 Å². The summed E-state index contributed by atoms with van der Waals surface area (Å²) < 4.78 is 6.68. The summed E-state index contributed by atoms with van der Waals surface area (Å²) in [6.07, 6.45) is 1.74. The Kier molecular flexibility index (Phi) is 5.25. The zero-order valence-electron chi connectivity index (χ0n) is 14.7. The smallest absolute Gasteiger partial charge is 0.270 e. The van der Waals surface area contributed by atoms with E-state index in [1.54, 1.807) is 4.90 Å². The number of hydrogen-bond donors (Lipinski definition) is 0. The Morgan fingerprint density at radius 1 is 1.36 bits per heavy atom. The van der Waals surface area contributed by atoms with Crippen molar-refractivity contribution >= 4 is 49.9 Å². The molecule has 1 aromatic heterocycles. The van der Waals surface area contributed by atoms with Crippen LogP contribution >= 0.6 is 22.9 Å². The summed E-state index contributed by atoms with van der Waals surface area (Å²) in [6.45, 7) is 1.02. The summed E-state index contributed by atoms with van der Waals surface area (Å²) in [5.41, 5.74) is 0.846. The lowest BCUT2D eigenvalue weighted by Gasteiger charge is -2.23. The molecule has 0 radical (unpaired) electrons. The summed E-state index contributed by atoms with van der Waals surface area (Å²) in [4.78, 5) is 29.9. The van der Waals surface area contributed by atoms with Gasteiger partial charge >= 0.3 is 0 Å². The van der Waals surface area contributed by atoms with Gasteiger partial charge in [-0.3, -0.25) is 19.8 Å². The number of nitro benzene ring substituents is 1. The lowest BCUT2D eigenvalue weighted by atomic mass is 10.1. The van der Waals surface area contributed by atoms with Crippen molar-refractivity contribution in [1.82, 2.24) is 4.98 Å². The number of carbonyl (C=O) groups excluding carboxylic acids is 1. The molecule has 1 aliphatic heterocycles. The first-order valence-corrected chi connectivity index (χ1v) is 9.95. The molecule has 1 aliphatic rings. The number of fused-ring (bicyclic) bond motifs is 1. The van der Waals surface area contributed by atoms with Crippen molar-refractivity contribution in [3.8, 4) is 0 Å². The number of nitro groups is 1. The number of thiazole rings is 1. The van der Waals surface area contributed by atoms with Crippen LogP contribution in [0.15, 0.2) is 42.5 Å². The molecule has 1 unspecified atom stereocenters. The first kappa shape index (κ1) is 18.8. The van der Waals surface area contributed by atoms with Crippen LogP contribution in [0.3, 0.4) is 0 Å². The van der Waals surface area contributed by atoms with E-state index in [2.05, 4.69) is 4.98 Å². The van der Waals surface area contributed by atoms with Gasteiger partial charge in [0.2, 0.25) is 0 Å². The fourth-order valence-electron chi connectivity index (χ4n) is 3.15. The van der Waals surface area contributed by atoms with Crippen LogP contribution in [0.2, 0.25) is 5.02 Å². The van der Waals surface area contributed by atoms with Crippen molar-refractivity contribution < 1.29 is 14.5 Å². The molecule has 4 rings (SSSR count). The van der Waals surface area contributed by atoms with Gasteiger partial charge in [-0.2, -0.15) is 0 Å². The molecule has 1 amide bonds. The molecular formula is C19H16ClN3O4S. The Morgan fingerprint density at radius 2 is 2.18 bits per heavy atom. The van der Waals surface area contributed by atoms with Crippen LogP contribution in [0, 0.1) is 10.1 Å². The van der Waals surface area contributed by atoms with E-state index < -0.39 is 4.92 Å². The Balaban J connectivity index is 1.71. The van der Waals surface area contributed by atoms with Gasteiger partial charge < -0.3 is 4.74 Å². The molecule has 1 saturated heterocycles. The van der Waals surface area contributed by atoms with Crippen molar-refractivity contribution in [1.29, 1.82) is 0 Å². The van der Waals surface area contributed by atoms with Gasteiger partial charge in [0.15, 0.2) is 5.13 Å². The minimum absolute atomic E-state index is 0.0395. The molecule has 0 N–H and O–H groups in total. The second kappa shape index (κ2) is 7.83. The van der Waals surface area contributed by atoms with Crippen molar-refractivity contribution in [3.05, 3.63) is 63.2 Å². The number of non-ortho nitro benzene ring substituents is 1. The molecule has 1 atom stereocenters. The third-order valence-electron chi connectivity index (χ3n) is 4.56. The quantitative estimate of drug-likeness (QED) is 0.444. The largest absolute Gasteiger partial charge is 0.376 e. The summed E-state index contributed by atoms with van der Waals surface area (Å²) in [5.74, 6) is -0.352. The Morgan fingerprint density at radius 3 is 2.86 bits per heavy atom. The van der Waals surface area contributed by atoms with E-state index in [1.165, 1.54) is 29.5 Å². The SMILES string of the molecule is O=C(c1ccc([N+](=O)[O-])cc1Cl)N(CC1CCCO1)c1nc2ccccc2s1. The van der Waals surface area contributed by atoms with Crippen molar-refractivity contribution in [3.63, 3.8) is 0 Å². The molecule has 0 spiro atoms. The number of hydrogen-bond acceptors (Lipinski definition) is 6. The monoisotopic (exact) mass is 417 g/mol. The van der Waals surface area contributed by atoms with Gasteiger partial charge in [-0.1, -0.05) is 35.1 Å². The second-order valence-electron chi connectivity index (χ2n) is 6.44. The van der Waals surface area contributed by atoms with Gasteiger partial charge in [-0.25, -0.2) is 4.98 Å². The minimum Gasteiger partial charge on any atom is -0.376 e. The van der Waals surface area contributed by atoms with Crippen LogP contribution in [0.4, 0.5) is 10.8 Å². The van der Waals surface area contributed by atoms with Crippen LogP contribution < -0.4 is 4.90 Å². The highest BCUT2D eigenvalue weighted by Gasteiger charge is 2.28. The molecule has 3 aromatic rings. The number of aromatic nitrogens is 1. The average Bonchev–Trinajstić information content (AvgIpc) is 3.34. The molecule has 1 fully saturated rings. The Hall–Kier alpha value is -2.55. The van der Waals surface area contributed by atoms with Crippen molar-refractivity contribution in [2.24, 2.45) is 0 Å². The second-order valence-corrected chi connectivity index (χ2v) is 7.85. The van der Waals surface area contributed by atoms with Crippen LogP contribution in [-0.2, 0) is 4.74 Å². The molecular weight excluding hydrogens is 402 g/mol. The van der Waals surface area contributed by atoms with Gasteiger partial charge in [0.1, 0.15) is 0 Å². The predicted molar refractivity (Wildman–Crippen MR) is 108 cm³/mol. The lowest BCUT2D eigenvalue weighted by molar-refractivity contribution is -0.384. The standard InChI is InChI=1S/C19H16ClN3O4S/c20-15-10-12(23(25)26)7-8-14(15)18(24)22(11-13-4-3-9-27-13)19-21-16-5-1-2-6-17(16)28-19/h1-2,5-8,10,13H,3-4,9,11H2. The van der Waals surface area contributed by atoms with E-state index in [1.807, 2.05) is 24.3 Å². The minimum atomic E-state index is -0.544. The maximum absolute atomic E-state index is 13.3. The molecule has 0 saturated carbocycles. The van der Waals surface area contributed by atoms with Gasteiger partial charge in [0.25, 0.3) is 11.6 Å². The number of anilines is 1. The highest BCUT2D eigenvalue weighted by molar-refractivity contribution is 7.22.